The average Bonchev–Trinajstić information content (AvgIpc) is 3.08. The van der Waals surface area contributed by atoms with Crippen LogP contribution in [0.3, 0.4) is 0 Å². The number of para-hydroxylation sites is 1. The first-order chi connectivity index (χ1) is 14.2. The summed E-state index contributed by atoms with van der Waals surface area (Å²) in [5.41, 5.74) is 2.05. The molecule has 8 nitrogen and oxygen atoms in total. The Hall–Kier alpha value is -3.42. The van der Waals surface area contributed by atoms with Crippen molar-refractivity contribution in [3.8, 4) is 5.75 Å². The monoisotopic (exact) mass is 391 g/mol. The Kier molecular flexibility index (Phi) is 5.69. The van der Waals surface area contributed by atoms with E-state index in [0.717, 1.165) is 35.1 Å². The quantitative estimate of drug-likeness (QED) is 0.512. The molecule has 0 saturated carbocycles. The summed E-state index contributed by atoms with van der Waals surface area (Å²) in [7, 11) is 1.96. The van der Waals surface area contributed by atoms with Gasteiger partial charge in [0.1, 0.15) is 11.6 Å². The highest BCUT2D eigenvalue weighted by atomic mass is 16.5. The van der Waals surface area contributed by atoms with Crippen molar-refractivity contribution in [2.75, 3.05) is 6.61 Å². The molecule has 0 amide bonds. The van der Waals surface area contributed by atoms with Crippen LogP contribution >= 0.6 is 0 Å². The van der Waals surface area contributed by atoms with Crippen molar-refractivity contribution in [1.82, 2.24) is 30.4 Å². The van der Waals surface area contributed by atoms with Gasteiger partial charge in [0, 0.05) is 25.2 Å². The minimum absolute atomic E-state index is 0.121. The van der Waals surface area contributed by atoms with Gasteiger partial charge in [-0.05, 0) is 25.1 Å². The fourth-order valence-electron chi connectivity index (χ4n) is 3.23. The van der Waals surface area contributed by atoms with Gasteiger partial charge in [-0.25, -0.2) is 4.99 Å². The fourth-order valence-corrected chi connectivity index (χ4v) is 3.23. The van der Waals surface area contributed by atoms with E-state index < -0.39 is 0 Å². The van der Waals surface area contributed by atoms with E-state index in [9.17, 15) is 0 Å². The lowest BCUT2D eigenvalue weighted by atomic mass is 10.0. The van der Waals surface area contributed by atoms with Crippen LogP contribution in [0.2, 0.25) is 0 Å². The Morgan fingerprint density at radius 1 is 1.21 bits per heavy atom. The van der Waals surface area contributed by atoms with Crippen LogP contribution in [0.25, 0.3) is 0 Å². The number of fused-ring (bicyclic) bond motifs is 1. The summed E-state index contributed by atoms with van der Waals surface area (Å²) in [6.45, 7) is 3.61. The molecule has 0 fully saturated rings. The van der Waals surface area contributed by atoms with Gasteiger partial charge in [-0.3, -0.25) is 4.98 Å². The molecule has 29 heavy (non-hydrogen) atoms. The highest BCUT2D eigenvalue weighted by molar-refractivity contribution is 5.80. The maximum absolute atomic E-state index is 5.78. The van der Waals surface area contributed by atoms with Gasteiger partial charge >= 0.3 is 0 Å². The molecule has 1 atom stereocenters. The summed E-state index contributed by atoms with van der Waals surface area (Å²) in [6.07, 6.45) is 2.65. The number of hydrogen-bond donors (Lipinski definition) is 2. The van der Waals surface area contributed by atoms with E-state index in [4.69, 9.17) is 9.73 Å². The molecule has 2 N–H and O–H groups in total. The van der Waals surface area contributed by atoms with Crippen LogP contribution in [0.15, 0.2) is 53.7 Å². The topological polar surface area (TPSA) is 89.2 Å². The minimum Gasteiger partial charge on any atom is -0.493 e. The first-order valence-electron chi connectivity index (χ1n) is 9.72. The second-order valence-corrected chi connectivity index (χ2v) is 6.93. The molecule has 1 aliphatic rings. The Labute approximate surface area is 170 Å². The van der Waals surface area contributed by atoms with E-state index in [2.05, 4.69) is 31.9 Å². The van der Waals surface area contributed by atoms with E-state index >= 15 is 0 Å². The highest BCUT2D eigenvalue weighted by Gasteiger charge is 2.22. The van der Waals surface area contributed by atoms with Gasteiger partial charge in [-0.15, -0.1) is 10.2 Å². The number of benzene rings is 1. The van der Waals surface area contributed by atoms with E-state index in [1.807, 2.05) is 54.9 Å². The lowest BCUT2D eigenvalue weighted by Crippen LogP contribution is -2.41. The van der Waals surface area contributed by atoms with Crippen molar-refractivity contribution in [2.45, 2.75) is 32.5 Å². The number of ether oxygens (including phenoxy) is 1. The van der Waals surface area contributed by atoms with E-state index in [0.29, 0.717) is 25.7 Å². The molecule has 1 aliphatic heterocycles. The number of guanidine groups is 1. The molecule has 3 aromatic rings. The summed E-state index contributed by atoms with van der Waals surface area (Å²) in [5, 5.41) is 15.3. The summed E-state index contributed by atoms with van der Waals surface area (Å²) in [4.78, 5) is 9.11. The number of aryl methyl sites for hydroxylation is 1. The molecule has 2 aromatic heterocycles. The predicted octanol–water partition coefficient (Wildman–Crippen LogP) is 2.28. The Balaban J connectivity index is 1.52. The molecule has 0 aliphatic carbocycles. The molecule has 150 valence electrons. The van der Waals surface area contributed by atoms with E-state index in [1.165, 1.54) is 0 Å². The largest absolute Gasteiger partial charge is 0.493 e. The molecule has 0 bridgehead atoms. The van der Waals surface area contributed by atoms with Gasteiger partial charge in [-0.1, -0.05) is 24.3 Å². The molecule has 8 heteroatoms. The standard InChI is InChI=1S/C21H25N7O/c1-15-26-27-20(28(15)2)14-24-21(23-13-16-7-5-6-11-22-16)25-18-10-12-29-19-9-4-3-8-17(18)19/h3-9,11,18H,10,12-14H2,1-2H3,(H2,23,24,25). The number of nitrogens with one attached hydrogen (secondary N) is 2. The van der Waals surface area contributed by atoms with Crippen LogP contribution in [0.4, 0.5) is 0 Å². The van der Waals surface area contributed by atoms with Crippen LogP contribution in [0.1, 0.15) is 35.4 Å². The van der Waals surface area contributed by atoms with Crippen molar-refractivity contribution in [1.29, 1.82) is 0 Å². The number of aromatic nitrogens is 4. The first-order valence-corrected chi connectivity index (χ1v) is 9.72. The van der Waals surface area contributed by atoms with Gasteiger partial charge in [0.15, 0.2) is 11.8 Å². The zero-order chi connectivity index (χ0) is 20.1. The molecule has 1 aromatic carbocycles. The summed E-state index contributed by atoms with van der Waals surface area (Å²) >= 11 is 0. The third kappa shape index (κ3) is 4.53. The number of hydrogen-bond acceptors (Lipinski definition) is 5. The van der Waals surface area contributed by atoms with Gasteiger partial charge < -0.3 is 19.9 Å². The molecule has 3 heterocycles. The van der Waals surface area contributed by atoms with Crippen molar-refractivity contribution in [3.05, 3.63) is 71.6 Å². The second kappa shape index (κ2) is 8.72. The number of aliphatic imine (C=N–C) groups is 1. The van der Waals surface area contributed by atoms with Crippen LogP contribution in [-0.4, -0.2) is 32.3 Å². The number of pyridine rings is 1. The molecule has 0 spiro atoms. The molecule has 0 radical (unpaired) electrons. The minimum atomic E-state index is 0.121. The number of nitrogens with zero attached hydrogens (tertiary/aromatic N) is 5. The number of rotatable bonds is 5. The highest BCUT2D eigenvalue weighted by Crippen LogP contribution is 2.31. The molecule has 4 rings (SSSR count). The Morgan fingerprint density at radius 2 is 2.07 bits per heavy atom. The van der Waals surface area contributed by atoms with Gasteiger partial charge in [-0.2, -0.15) is 0 Å². The van der Waals surface area contributed by atoms with Crippen molar-refractivity contribution in [2.24, 2.45) is 12.0 Å². The SMILES string of the molecule is Cc1nnc(CNC(=NCc2ccccn2)NC2CCOc3ccccc32)n1C. The molecular formula is C21H25N7O. The van der Waals surface area contributed by atoms with Crippen LogP contribution in [-0.2, 0) is 20.1 Å². The summed E-state index contributed by atoms with van der Waals surface area (Å²) < 4.78 is 7.75. The molecule has 0 saturated heterocycles. The van der Waals surface area contributed by atoms with E-state index in [-0.39, 0.29) is 6.04 Å². The first kappa shape index (κ1) is 18.9. The lowest BCUT2D eigenvalue weighted by Gasteiger charge is -2.28. The van der Waals surface area contributed by atoms with Gasteiger partial charge in [0.2, 0.25) is 0 Å². The zero-order valence-electron chi connectivity index (χ0n) is 16.7. The maximum atomic E-state index is 5.78. The van der Waals surface area contributed by atoms with Crippen LogP contribution in [0, 0.1) is 6.92 Å². The van der Waals surface area contributed by atoms with Crippen molar-refractivity contribution in [3.63, 3.8) is 0 Å². The lowest BCUT2D eigenvalue weighted by molar-refractivity contribution is 0.261. The zero-order valence-corrected chi connectivity index (χ0v) is 16.7. The van der Waals surface area contributed by atoms with E-state index in [1.54, 1.807) is 6.20 Å². The Morgan fingerprint density at radius 3 is 2.86 bits per heavy atom. The predicted molar refractivity (Wildman–Crippen MR) is 110 cm³/mol. The third-order valence-corrected chi connectivity index (χ3v) is 4.99. The smallest absolute Gasteiger partial charge is 0.192 e. The fraction of sp³-hybridized carbons (Fsp3) is 0.333. The second-order valence-electron chi connectivity index (χ2n) is 6.93. The van der Waals surface area contributed by atoms with Crippen LogP contribution in [0.5, 0.6) is 5.75 Å². The third-order valence-electron chi connectivity index (χ3n) is 4.99. The van der Waals surface area contributed by atoms with Crippen molar-refractivity contribution < 1.29 is 4.74 Å². The average molecular weight is 391 g/mol. The molecular weight excluding hydrogens is 366 g/mol. The molecule has 1 unspecified atom stereocenters. The van der Waals surface area contributed by atoms with Gasteiger partial charge in [0.25, 0.3) is 0 Å². The van der Waals surface area contributed by atoms with Crippen LogP contribution < -0.4 is 15.4 Å². The summed E-state index contributed by atoms with van der Waals surface area (Å²) in [5.74, 6) is 3.35. The van der Waals surface area contributed by atoms with Crippen molar-refractivity contribution >= 4 is 5.96 Å². The Bertz CT molecular complexity index is 984. The maximum Gasteiger partial charge on any atom is 0.192 e. The normalized spacial score (nSPS) is 16.1. The summed E-state index contributed by atoms with van der Waals surface area (Å²) in [6, 6.07) is 14.1. The van der Waals surface area contributed by atoms with Gasteiger partial charge in [0.05, 0.1) is 31.4 Å².